The van der Waals surface area contributed by atoms with Gasteiger partial charge in [0, 0.05) is 23.4 Å². The summed E-state index contributed by atoms with van der Waals surface area (Å²) < 4.78 is 0. The first-order valence-electron chi connectivity index (χ1n) is 6.26. The quantitative estimate of drug-likeness (QED) is 0.853. The fraction of sp³-hybridized carbons (Fsp3) is 0.500. The van der Waals surface area contributed by atoms with E-state index >= 15 is 0 Å². The van der Waals surface area contributed by atoms with E-state index in [9.17, 15) is 4.79 Å². The third-order valence-corrected chi connectivity index (χ3v) is 3.54. The molecule has 17 heavy (non-hydrogen) atoms. The van der Waals surface area contributed by atoms with Gasteiger partial charge in [-0.15, -0.1) is 0 Å². The molecule has 1 amide bonds. The van der Waals surface area contributed by atoms with Crippen LogP contribution >= 0.6 is 11.6 Å². The maximum absolute atomic E-state index is 11.6. The predicted molar refractivity (Wildman–Crippen MR) is 70.3 cm³/mol. The first-order valence-corrected chi connectivity index (χ1v) is 6.64. The summed E-state index contributed by atoms with van der Waals surface area (Å²) in [6, 6.07) is 8.17. The van der Waals surface area contributed by atoms with E-state index in [1.165, 1.54) is 0 Å². The highest BCUT2D eigenvalue weighted by Gasteiger charge is 2.40. The molecule has 1 aromatic rings. The third-order valence-electron chi connectivity index (χ3n) is 3.20. The van der Waals surface area contributed by atoms with E-state index in [4.69, 9.17) is 11.6 Å². The second-order valence-electron chi connectivity index (χ2n) is 4.64. The van der Waals surface area contributed by atoms with Crippen molar-refractivity contribution in [3.05, 3.63) is 34.9 Å². The van der Waals surface area contributed by atoms with Gasteiger partial charge in [0.05, 0.1) is 0 Å². The minimum atomic E-state index is 0.173. The topological polar surface area (TPSA) is 29.1 Å². The summed E-state index contributed by atoms with van der Waals surface area (Å²) in [5, 5.41) is 3.88. The van der Waals surface area contributed by atoms with E-state index in [1.807, 2.05) is 24.3 Å². The number of amides is 1. The predicted octanol–water partition coefficient (Wildman–Crippen LogP) is 3.50. The van der Waals surface area contributed by atoms with Gasteiger partial charge < -0.3 is 5.32 Å². The Morgan fingerprint density at radius 2 is 2.24 bits per heavy atom. The van der Waals surface area contributed by atoms with Crippen LogP contribution in [0.25, 0.3) is 0 Å². The number of hydrogen-bond acceptors (Lipinski definition) is 1. The molecule has 3 heteroatoms. The molecule has 0 heterocycles. The molecule has 0 aliphatic heterocycles. The normalized spacial score (nSPS) is 22.2. The second kappa shape index (κ2) is 5.54. The molecule has 1 aliphatic rings. The molecule has 2 rings (SSSR count). The zero-order valence-corrected chi connectivity index (χ0v) is 10.8. The lowest BCUT2D eigenvalue weighted by Gasteiger charge is -2.05. The summed E-state index contributed by atoms with van der Waals surface area (Å²) in [6.07, 6.45) is 3.69. The van der Waals surface area contributed by atoms with E-state index in [0.29, 0.717) is 18.4 Å². The number of halogens is 1. The Balaban J connectivity index is 1.85. The molecule has 2 atom stereocenters. The van der Waals surface area contributed by atoms with Crippen LogP contribution in [0.15, 0.2) is 24.3 Å². The van der Waals surface area contributed by atoms with Gasteiger partial charge in [0.15, 0.2) is 0 Å². The van der Waals surface area contributed by atoms with Gasteiger partial charge in [-0.05, 0) is 24.5 Å². The lowest BCUT2D eigenvalue weighted by Crippen LogP contribution is -2.26. The van der Waals surface area contributed by atoms with Crippen molar-refractivity contribution in [2.45, 2.75) is 44.6 Å². The lowest BCUT2D eigenvalue weighted by molar-refractivity contribution is -0.121. The fourth-order valence-electron chi connectivity index (χ4n) is 2.09. The Labute approximate surface area is 107 Å². The fourth-order valence-corrected chi connectivity index (χ4v) is 2.37. The van der Waals surface area contributed by atoms with E-state index in [-0.39, 0.29) is 5.91 Å². The van der Waals surface area contributed by atoms with Crippen molar-refractivity contribution in [1.82, 2.24) is 5.32 Å². The van der Waals surface area contributed by atoms with Gasteiger partial charge in [0.25, 0.3) is 0 Å². The van der Waals surface area contributed by atoms with Gasteiger partial charge in [-0.1, -0.05) is 43.1 Å². The highest BCUT2D eigenvalue weighted by molar-refractivity contribution is 6.31. The van der Waals surface area contributed by atoms with Crippen LogP contribution in [-0.4, -0.2) is 11.9 Å². The highest BCUT2D eigenvalue weighted by Crippen LogP contribution is 2.43. The molecule has 0 bridgehead atoms. The second-order valence-corrected chi connectivity index (χ2v) is 5.05. The number of carbonyl (C=O) groups is 1. The SMILES string of the molecule is CCCCC(=O)N[C@H]1C[C@H]1c1ccccc1Cl. The molecule has 1 saturated carbocycles. The molecule has 0 spiro atoms. The first kappa shape index (κ1) is 12.4. The van der Waals surface area contributed by atoms with Crippen LogP contribution in [0, 0.1) is 0 Å². The van der Waals surface area contributed by atoms with E-state index < -0.39 is 0 Å². The van der Waals surface area contributed by atoms with Gasteiger partial charge in [-0.3, -0.25) is 4.79 Å². The van der Waals surface area contributed by atoms with Gasteiger partial charge in [-0.2, -0.15) is 0 Å². The zero-order chi connectivity index (χ0) is 12.3. The Hall–Kier alpha value is -1.02. The van der Waals surface area contributed by atoms with Gasteiger partial charge in [0.1, 0.15) is 0 Å². The summed E-state index contributed by atoms with van der Waals surface area (Å²) in [5.74, 6) is 0.584. The third kappa shape index (κ3) is 3.22. The molecule has 1 aliphatic carbocycles. The standard InChI is InChI=1S/C14H18ClNO/c1-2-3-8-14(17)16-13-9-11(13)10-6-4-5-7-12(10)15/h4-7,11,13H,2-3,8-9H2,1H3,(H,16,17)/t11-,13-/m0/s1. The van der Waals surface area contributed by atoms with Crippen LogP contribution in [0.5, 0.6) is 0 Å². The van der Waals surface area contributed by atoms with Crippen molar-refractivity contribution < 1.29 is 4.79 Å². The maximum atomic E-state index is 11.6. The average Bonchev–Trinajstić information content (AvgIpc) is 3.06. The van der Waals surface area contributed by atoms with Crippen molar-refractivity contribution in [2.24, 2.45) is 0 Å². The van der Waals surface area contributed by atoms with Crippen LogP contribution in [0.2, 0.25) is 5.02 Å². The van der Waals surface area contributed by atoms with Crippen molar-refractivity contribution >= 4 is 17.5 Å². The van der Waals surface area contributed by atoms with Crippen molar-refractivity contribution in [2.75, 3.05) is 0 Å². The van der Waals surface area contributed by atoms with E-state index in [2.05, 4.69) is 12.2 Å². The van der Waals surface area contributed by atoms with Gasteiger partial charge >= 0.3 is 0 Å². The number of unbranched alkanes of at least 4 members (excludes halogenated alkanes) is 1. The highest BCUT2D eigenvalue weighted by atomic mass is 35.5. The molecule has 0 radical (unpaired) electrons. The molecule has 2 nitrogen and oxygen atoms in total. The molecule has 1 aromatic carbocycles. The van der Waals surface area contributed by atoms with E-state index in [1.54, 1.807) is 0 Å². The van der Waals surface area contributed by atoms with Crippen molar-refractivity contribution in [3.8, 4) is 0 Å². The number of benzene rings is 1. The summed E-state index contributed by atoms with van der Waals surface area (Å²) in [7, 11) is 0. The molecule has 0 aromatic heterocycles. The van der Waals surface area contributed by atoms with Crippen LogP contribution in [0.4, 0.5) is 0 Å². The number of nitrogens with one attached hydrogen (secondary N) is 1. The summed E-state index contributed by atoms with van der Waals surface area (Å²) in [6.45, 7) is 2.09. The van der Waals surface area contributed by atoms with Crippen molar-refractivity contribution in [1.29, 1.82) is 0 Å². The van der Waals surface area contributed by atoms with E-state index in [0.717, 1.165) is 29.8 Å². The molecule has 0 unspecified atom stereocenters. The lowest BCUT2D eigenvalue weighted by atomic mass is 10.1. The molecular formula is C14H18ClNO. The van der Waals surface area contributed by atoms with Crippen LogP contribution in [-0.2, 0) is 4.79 Å². The molecule has 1 N–H and O–H groups in total. The Kier molecular flexibility index (Phi) is 4.06. The van der Waals surface area contributed by atoms with Gasteiger partial charge in [0.2, 0.25) is 5.91 Å². The zero-order valence-electron chi connectivity index (χ0n) is 10.1. The maximum Gasteiger partial charge on any atom is 0.220 e. The van der Waals surface area contributed by atoms with Crippen LogP contribution in [0.3, 0.4) is 0 Å². The first-order chi connectivity index (χ1) is 8.22. The minimum absolute atomic E-state index is 0.173. The monoisotopic (exact) mass is 251 g/mol. The number of rotatable bonds is 5. The Morgan fingerprint density at radius 3 is 2.94 bits per heavy atom. The largest absolute Gasteiger partial charge is 0.353 e. The summed E-state index contributed by atoms with van der Waals surface area (Å²) >= 11 is 6.13. The van der Waals surface area contributed by atoms with Gasteiger partial charge in [-0.25, -0.2) is 0 Å². The summed E-state index contributed by atoms with van der Waals surface area (Å²) in [4.78, 5) is 11.6. The van der Waals surface area contributed by atoms with Crippen LogP contribution in [0.1, 0.15) is 44.1 Å². The molecular weight excluding hydrogens is 234 g/mol. The molecule has 1 fully saturated rings. The molecule has 0 saturated heterocycles. The minimum Gasteiger partial charge on any atom is -0.353 e. The van der Waals surface area contributed by atoms with Crippen molar-refractivity contribution in [3.63, 3.8) is 0 Å². The Morgan fingerprint density at radius 1 is 1.47 bits per heavy atom. The molecule has 92 valence electrons. The number of hydrogen-bond donors (Lipinski definition) is 1. The average molecular weight is 252 g/mol. The Bertz CT molecular complexity index is 405. The van der Waals surface area contributed by atoms with Crippen LogP contribution < -0.4 is 5.32 Å². The smallest absolute Gasteiger partial charge is 0.220 e. The number of carbonyl (C=O) groups excluding carboxylic acids is 1. The summed E-state index contributed by atoms with van der Waals surface area (Å²) in [5.41, 5.74) is 1.16.